The number of hydrogen-bond acceptors (Lipinski definition) is 3. The highest BCUT2D eigenvalue weighted by molar-refractivity contribution is 5.51. The minimum atomic E-state index is 0.187. The SMILES string of the molecule is C=CCn1c(O)c2c(c1O)C(CCCCC)C1OC1C2. The number of epoxide rings is 1. The van der Waals surface area contributed by atoms with Gasteiger partial charge in [0.25, 0.3) is 0 Å². The molecule has 4 heteroatoms. The molecule has 0 spiro atoms. The molecule has 2 heterocycles. The van der Waals surface area contributed by atoms with Gasteiger partial charge in [0, 0.05) is 30.0 Å². The number of aromatic nitrogens is 1. The highest BCUT2D eigenvalue weighted by Gasteiger charge is 2.52. The van der Waals surface area contributed by atoms with Crippen molar-refractivity contribution in [3.8, 4) is 11.8 Å². The molecule has 0 amide bonds. The highest BCUT2D eigenvalue weighted by atomic mass is 16.6. The number of fused-ring (bicyclic) bond motifs is 2. The van der Waals surface area contributed by atoms with Crippen LogP contribution in [0, 0.1) is 0 Å². The van der Waals surface area contributed by atoms with Gasteiger partial charge in [0.1, 0.15) is 0 Å². The van der Waals surface area contributed by atoms with Crippen LogP contribution in [-0.2, 0) is 17.7 Å². The molecular formula is C16H23NO3. The minimum Gasteiger partial charge on any atom is -0.494 e. The average Bonchev–Trinajstić information content (AvgIpc) is 3.17. The van der Waals surface area contributed by atoms with Gasteiger partial charge in [-0.15, -0.1) is 6.58 Å². The lowest BCUT2D eigenvalue weighted by Gasteiger charge is -2.19. The van der Waals surface area contributed by atoms with Crippen LogP contribution < -0.4 is 0 Å². The Balaban J connectivity index is 1.92. The van der Waals surface area contributed by atoms with Crippen molar-refractivity contribution >= 4 is 0 Å². The van der Waals surface area contributed by atoms with Crippen molar-refractivity contribution in [3.63, 3.8) is 0 Å². The zero-order chi connectivity index (χ0) is 14.3. The van der Waals surface area contributed by atoms with Crippen LogP contribution in [0.5, 0.6) is 11.8 Å². The molecule has 1 aromatic rings. The summed E-state index contributed by atoms with van der Waals surface area (Å²) in [6, 6.07) is 0. The summed E-state index contributed by atoms with van der Waals surface area (Å²) in [5.74, 6) is 0.618. The first kappa shape index (κ1) is 13.6. The molecule has 0 aromatic carbocycles. The third kappa shape index (κ3) is 2.03. The molecule has 1 saturated heterocycles. The van der Waals surface area contributed by atoms with Crippen LogP contribution in [0.25, 0.3) is 0 Å². The van der Waals surface area contributed by atoms with E-state index in [0.717, 1.165) is 24.0 Å². The molecule has 0 bridgehead atoms. The van der Waals surface area contributed by atoms with E-state index in [9.17, 15) is 10.2 Å². The molecule has 3 rings (SSSR count). The number of unbranched alkanes of at least 4 members (excludes halogenated alkanes) is 2. The molecule has 0 saturated carbocycles. The van der Waals surface area contributed by atoms with E-state index in [2.05, 4.69) is 13.5 Å². The van der Waals surface area contributed by atoms with E-state index < -0.39 is 0 Å². The van der Waals surface area contributed by atoms with Crippen molar-refractivity contribution in [2.75, 3.05) is 0 Å². The fourth-order valence-corrected chi connectivity index (χ4v) is 3.52. The Bertz CT molecular complexity index is 520. The summed E-state index contributed by atoms with van der Waals surface area (Å²) in [7, 11) is 0. The summed E-state index contributed by atoms with van der Waals surface area (Å²) in [5.41, 5.74) is 1.80. The van der Waals surface area contributed by atoms with E-state index in [0.29, 0.717) is 13.0 Å². The summed E-state index contributed by atoms with van der Waals surface area (Å²) in [6.45, 7) is 6.30. The zero-order valence-electron chi connectivity index (χ0n) is 12.0. The standard InChI is InChI=1S/C16H23NO3/c1-3-5-6-7-10-13-11(9-12-14(10)20-12)15(18)17(8-4-2)16(13)19/h4,10,12,14,18-19H,2-3,5-9H2,1H3. The molecule has 110 valence electrons. The van der Waals surface area contributed by atoms with Crippen LogP contribution in [0.3, 0.4) is 0 Å². The first-order valence-corrected chi connectivity index (χ1v) is 7.58. The number of rotatable bonds is 6. The molecule has 2 N–H and O–H groups in total. The van der Waals surface area contributed by atoms with Crippen LogP contribution in [0.15, 0.2) is 12.7 Å². The first-order chi connectivity index (χ1) is 9.69. The molecule has 1 fully saturated rings. The average molecular weight is 277 g/mol. The maximum absolute atomic E-state index is 10.4. The minimum absolute atomic E-state index is 0.187. The third-order valence-corrected chi connectivity index (χ3v) is 4.57. The summed E-state index contributed by atoms with van der Waals surface area (Å²) < 4.78 is 7.27. The van der Waals surface area contributed by atoms with E-state index in [-0.39, 0.29) is 29.9 Å². The Labute approximate surface area is 119 Å². The van der Waals surface area contributed by atoms with Gasteiger partial charge in [-0.3, -0.25) is 4.57 Å². The predicted octanol–water partition coefficient (Wildman–Crippen LogP) is 3.07. The molecule has 4 nitrogen and oxygen atoms in total. The molecule has 20 heavy (non-hydrogen) atoms. The van der Waals surface area contributed by atoms with Crippen molar-refractivity contribution in [1.29, 1.82) is 0 Å². The molecule has 2 aliphatic rings. The molecule has 3 unspecified atom stereocenters. The zero-order valence-corrected chi connectivity index (χ0v) is 12.0. The number of ether oxygens (including phenoxy) is 1. The molecule has 3 atom stereocenters. The Hall–Kier alpha value is -1.42. The smallest absolute Gasteiger partial charge is 0.198 e. The lowest BCUT2D eigenvalue weighted by atomic mass is 9.82. The highest BCUT2D eigenvalue weighted by Crippen LogP contribution is 2.53. The maximum atomic E-state index is 10.4. The third-order valence-electron chi connectivity index (χ3n) is 4.57. The first-order valence-electron chi connectivity index (χ1n) is 7.58. The van der Waals surface area contributed by atoms with Crippen molar-refractivity contribution in [3.05, 3.63) is 23.8 Å². The predicted molar refractivity (Wildman–Crippen MR) is 77.2 cm³/mol. The quantitative estimate of drug-likeness (QED) is 0.477. The van der Waals surface area contributed by atoms with Crippen molar-refractivity contribution < 1.29 is 14.9 Å². The van der Waals surface area contributed by atoms with Gasteiger partial charge in [-0.05, 0) is 6.42 Å². The number of allylic oxidation sites excluding steroid dienone is 1. The van der Waals surface area contributed by atoms with Gasteiger partial charge in [-0.1, -0.05) is 32.3 Å². The van der Waals surface area contributed by atoms with Crippen molar-refractivity contribution in [2.45, 2.75) is 63.7 Å². The molecular weight excluding hydrogens is 254 g/mol. The Morgan fingerprint density at radius 3 is 2.85 bits per heavy atom. The molecule has 1 aliphatic heterocycles. The monoisotopic (exact) mass is 277 g/mol. The second-order valence-corrected chi connectivity index (χ2v) is 5.88. The van der Waals surface area contributed by atoms with Gasteiger partial charge in [-0.25, -0.2) is 0 Å². The Morgan fingerprint density at radius 1 is 1.35 bits per heavy atom. The summed E-state index contributed by atoms with van der Waals surface area (Å²) in [4.78, 5) is 0. The van der Waals surface area contributed by atoms with E-state index >= 15 is 0 Å². The fraction of sp³-hybridized carbons (Fsp3) is 0.625. The number of nitrogens with zero attached hydrogens (tertiary/aromatic N) is 1. The van der Waals surface area contributed by atoms with Gasteiger partial charge in [-0.2, -0.15) is 0 Å². The fourth-order valence-electron chi connectivity index (χ4n) is 3.52. The van der Waals surface area contributed by atoms with Gasteiger partial charge < -0.3 is 14.9 Å². The summed E-state index contributed by atoms with van der Waals surface area (Å²) in [6.07, 6.45) is 7.42. The van der Waals surface area contributed by atoms with Crippen LogP contribution in [-0.4, -0.2) is 27.0 Å². The second kappa shape index (κ2) is 5.17. The number of aromatic hydroxyl groups is 2. The van der Waals surface area contributed by atoms with Crippen molar-refractivity contribution in [1.82, 2.24) is 4.57 Å². The van der Waals surface area contributed by atoms with Gasteiger partial charge in [0.05, 0.1) is 12.2 Å². The molecule has 0 radical (unpaired) electrons. The molecule has 1 aromatic heterocycles. The van der Waals surface area contributed by atoms with Crippen LogP contribution in [0.2, 0.25) is 0 Å². The van der Waals surface area contributed by atoms with Crippen LogP contribution in [0.1, 0.15) is 49.7 Å². The topological polar surface area (TPSA) is 57.9 Å². The molecule has 1 aliphatic carbocycles. The lowest BCUT2D eigenvalue weighted by molar-refractivity contribution is 0.334. The normalized spacial score (nSPS) is 26.9. The van der Waals surface area contributed by atoms with Crippen LogP contribution in [0.4, 0.5) is 0 Å². The van der Waals surface area contributed by atoms with Gasteiger partial charge in [0.15, 0.2) is 11.8 Å². The van der Waals surface area contributed by atoms with E-state index in [1.165, 1.54) is 12.8 Å². The second-order valence-electron chi connectivity index (χ2n) is 5.88. The summed E-state index contributed by atoms with van der Waals surface area (Å²) in [5, 5.41) is 20.8. The van der Waals surface area contributed by atoms with Gasteiger partial charge in [0.2, 0.25) is 0 Å². The van der Waals surface area contributed by atoms with Gasteiger partial charge >= 0.3 is 0 Å². The largest absolute Gasteiger partial charge is 0.494 e. The van der Waals surface area contributed by atoms with Crippen molar-refractivity contribution in [2.24, 2.45) is 0 Å². The van der Waals surface area contributed by atoms with E-state index in [1.807, 2.05) is 0 Å². The number of hydrogen-bond donors (Lipinski definition) is 2. The Kier molecular flexibility index (Phi) is 3.50. The van der Waals surface area contributed by atoms with E-state index in [1.54, 1.807) is 10.6 Å². The summed E-state index contributed by atoms with van der Waals surface area (Å²) >= 11 is 0. The van der Waals surface area contributed by atoms with E-state index in [4.69, 9.17) is 4.74 Å². The lowest BCUT2D eigenvalue weighted by Crippen LogP contribution is -2.17. The maximum Gasteiger partial charge on any atom is 0.198 e. The van der Waals surface area contributed by atoms with Crippen LogP contribution >= 0.6 is 0 Å². The Morgan fingerprint density at radius 2 is 2.15 bits per heavy atom.